The third kappa shape index (κ3) is 3.43. The zero-order chi connectivity index (χ0) is 18.0. The summed E-state index contributed by atoms with van der Waals surface area (Å²) in [5, 5.41) is 14.1. The number of rotatable bonds is 5. The first-order chi connectivity index (χ1) is 11.2. The van der Waals surface area contributed by atoms with Gasteiger partial charge in [-0.25, -0.2) is 4.79 Å². The van der Waals surface area contributed by atoms with E-state index in [0.29, 0.717) is 28.5 Å². The van der Waals surface area contributed by atoms with Gasteiger partial charge in [-0.2, -0.15) is 5.10 Å². The van der Waals surface area contributed by atoms with Crippen LogP contribution in [-0.4, -0.2) is 44.8 Å². The Hall–Kier alpha value is -2.34. The van der Waals surface area contributed by atoms with Gasteiger partial charge in [0.05, 0.1) is 17.8 Å². The number of halogens is 1. The molecule has 0 aliphatic carbocycles. The first-order valence-electron chi connectivity index (χ1n) is 7.51. The summed E-state index contributed by atoms with van der Waals surface area (Å²) in [7, 11) is 1.48. The number of nitrogens with zero attached hydrogens (tertiary/aromatic N) is 3. The fourth-order valence-corrected chi connectivity index (χ4v) is 2.66. The van der Waals surface area contributed by atoms with Gasteiger partial charge in [0.25, 0.3) is 5.91 Å². The number of carboxylic acid groups (broad SMARTS) is 1. The first-order valence-corrected chi connectivity index (χ1v) is 7.89. The predicted octanol–water partition coefficient (Wildman–Crippen LogP) is 2.75. The zero-order valence-electron chi connectivity index (χ0n) is 14.1. The summed E-state index contributed by atoms with van der Waals surface area (Å²) in [6, 6.07) is 6.53. The van der Waals surface area contributed by atoms with E-state index in [2.05, 4.69) is 5.10 Å². The van der Waals surface area contributed by atoms with Crippen LogP contribution >= 0.6 is 11.6 Å². The number of hydrogen-bond acceptors (Lipinski definition) is 3. The second-order valence-corrected chi connectivity index (χ2v) is 6.13. The molecule has 0 bridgehead atoms. The number of amides is 1. The van der Waals surface area contributed by atoms with E-state index in [1.54, 1.807) is 24.6 Å². The quantitative estimate of drug-likeness (QED) is 0.900. The van der Waals surface area contributed by atoms with Crippen LogP contribution in [0.15, 0.2) is 24.3 Å². The van der Waals surface area contributed by atoms with E-state index in [9.17, 15) is 9.59 Å². The fraction of sp³-hybridized carbons (Fsp3) is 0.353. The maximum Gasteiger partial charge on any atom is 0.326 e. The van der Waals surface area contributed by atoms with Crippen LogP contribution < -0.4 is 0 Å². The highest BCUT2D eigenvalue weighted by atomic mass is 35.5. The summed E-state index contributed by atoms with van der Waals surface area (Å²) in [5.41, 5.74) is 2.57. The Balaban J connectivity index is 2.34. The van der Waals surface area contributed by atoms with E-state index in [1.807, 2.05) is 18.2 Å². The molecule has 1 atom stereocenters. The van der Waals surface area contributed by atoms with Gasteiger partial charge in [0.2, 0.25) is 0 Å². The lowest BCUT2D eigenvalue weighted by molar-refractivity contribution is -0.141. The minimum absolute atomic E-state index is 0.356. The molecule has 0 radical (unpaired) electrons. The number of aliphatic carboxylic acids is 1. The van der Waals surface area contributed by atoms with Crippen molar-refractivity contribution in [2.45, 2.75) is 33.4 Å². The van der Waals surface area contributed by atoms with E-state index in [1.165, 1.54) is 18.9 Å². The maximum atomic E-state index is 12.6. The lowest BCUT2D eigenvalue weighted by Crippen LogP contribution is -2.40. The number of likely N-dealkylation sites (N-methyl/N-ethyl adjacent to an activating group) is 1. The Morgan fingerprint density at radius 1 is 1.33 bits per heavy atom. The molecule has 0 saturated carbocycles. The maximum absolute atomic E-state index is 12.6. The number of aryl methyl sites for hydroxylation is 1. The molecule has 0 spiro atoms. The molecule has 6 nitrogen and oxygen atoms in total. The molecule has 1 N–H and O–H groups in total. The highest BCUT2D eigenvalue weighted by Gasteiger charge is 2.27. The van der Waals surface area contributed by atoms with E-state index in [0.717, 1.165) is 5.56 Å². The van der Waals surface area contributed by atoms with Gasteiger partial charge in [-0.1, -0.05) is 29.8 Å². The SMILES string of the molecule is Cc1nn(Cc2ccccc2Cl)c(C)c1C(=O)N(C)C(C)C(=O)O. The Morgan fingerprint density at radius 2 is 1.96 bits per heavy atom. The van der Waals surface area contributed by atoms with E-state index in [-0.39, 0.29) is 5.91 Å². The van der Waals surface area contributed by atoms with Crippen molar-refractivity contribution in [2.75, 3.05) is 7.05 Å². The number of hydrogen-bond donors (Lipinski definition) is 1. The number of carbonyl (C=O) groups is 2. The molecule has 0 saturated heterocycles. The number of benzene rings is 1. The minimum Gasteiger partial charge on any atom is -0.480 e. The van der Waals surface area contributed by atoms with Crippen molar-refractivity contribution >= 4 is 23.5 Å². The molecule has 1 aromatic heterocycles. The van der Waals surface area contributed by atoms with Gasteiger partial charge < -0.3 is 10.0 Å². The summed E-state index contributed by atoms with van der Waals surface area (Å²) < 4.78 is 1.71. The van der Waals surface area contributed by atoms with Gasteiger partial charge in [-0.05, 0) is 32.4 Å². The third-order valence-electron chi connectivity index (χ3n) is 4.13. The molecule has 128 valence electrons. The molecule has 1 amide bonds. The Bertz CT molecular complexity index is 785. The van der Waals surface area contributed by atoms with Crippen LogP contribution in [0.2, 0.25) is 5.02 Å². The van der Waals surface area contributed by atoms with Gasteiger partial charge in [0.1, 0.15) is 6.04 Å². The van der Waals surface area contributed by atoms with Crippen LogP contribution in [0.5, 0.6) is 0 Å². The molecule has 0 aliphatic heterocycles. The lowest BCUT2D eigenvalue weighted by Gasteiger charge is -2.21. The smallest absolute Gasteiger partial charge is 0.326 e. The number of aromatic nitrogens is 2. The minimum atomic E-state index is -1.05. The largest absolute Gasteiger partial charge is 0.480 e. The van der Waals surface area contributed by atoms with Crippen molar-refractivity contribution in [3.63, 3.8) is 0 Å². The highest BCUT2D eigenvalue weighted by molar-refractivity contribution is 6.31. The van der Waals surface area contributed by atoms with E-state index >= 15 is 0 Å². The summed E-state index contributed by atoms with van der Waals surface area (Å²) in [5.74, 6) is -1.41. The topological polar surface area (TPSA) is 75.4 Å². The molecule has 2 rings (SSSR count). The first kappa shape index (κ1) is 18.0. The van der Waals surface area contributed by atoms with Crippen molar-refractivity contribution in [1.29, 1.82) is 0 Å². The summed E-state index contributed by atoms with van der Waals surface area (Å²) in [6.45, 7) is 5.45. The van der Waals surface area contributed by atoms with Crippen LogP contribution in [0, 0.1) is 13.8 Å². The Labute approximate surface area is 145 Å². The molecule has 1 aromatic carbocycles. The molecular weight excluding hydrogens is 330 g/mol. The second-order valence-electron chi connectivity index (χ2n) is 5.73. The number of carboxylic acids is 1. The summed E-state index contributed by atoms with van der Waals surface area (Å²) in [4.78, 5) is 25.0. The van der Waals surface area contributed by atoms with Gasteiger partial charge in [-0.3, -0.25) is 9.48 Å². The van der Waals surface area contributed by atoms with Crippen molar-refractivity contribution in [3.8, 4) is 0 Å². The molecule has 1 heterocycles. The molecule has 24 heavy (non-hydrogen) atoms. The van der Waals surface area contributed by atoms with Crippen molar-refractivity contribution < 1.29 is 14.7 Å². The normalized spacial score (nSPS) is 12.0. The van der Waals surface area contributed by atoms with Crippen molar-refractivity contribution in [1.82, 2.24) is 14.7 Å². The van der Waals surface area contributed by atoms with Gasteiger partial charge in [-0.15, -0.1) is 0 Å². The van der Waals surface area contributed by atoms with Gasteiger partial charge in [0.15, 0.2) is 0 Å². The summed E-state index contributed by atoms with van der Waals surface area (Å²) >= 11 is 6.18. The van der Waals surface area contributed by atoms with Crippen LogP contribution in [0.25, 0.3) is 0 Å². The average molecular weight is 350 g/mol. The fourth-order valence-electron chi connectivity index (χ4n) is 2.47. The van der Waals surface area contributed by atoms with Crippen LogP contribution in [0.1, 0.15) is 34.2 Å². The average Bonchev–Trinajstić information content (AvgIpc) is 2.81. The zero-order valence-corrected chi connectivity index (χ0v) is 14.8. The van der Waals surface area contributed by atoms with E-state index in [4.69, 9.17) is 16.7 Å². The summed E-state index contributed by atoms with van der Waals surface area (Å²) in [6.07, 6.45) is 0. The monoisotopic (exact) mass is 349 g/mol. The molecule has 0 fully saturated rings. The highest BCUT2D eigenvalue weighted by Crippen LogP contribution is 2.20. The third-order valence-corrected chi connectivity index (χ3v) is 4.50. The molecular formula is C17H20ClN3O3. The van der Waals surface area contributed by atoms with Gasteiger partial charge in [0, 0.05) is 17.8 Å². The van der Waals surface area contributed by atoms with E-state index < -0.39 is 12.0 Å². The van der Waals surface area contributed by atoms with Crippen LogP contribution in [0.4, 0.5) is 0 Å². The molecule has 1 unspecified atom stereocenters. The molecule has 0 aliphatic rings. The van der Waals surface area contributed by atoms with Gasteiger partial charge >= 0.3 is 5.97 Å². The predicted molar refractivity (Wildman–Crippen MR) is 91.4 cm³/mol. The Morgan fingerprint density at radius 3 is 2.54 bits per heavy atom. The number of carbonyl (C=O) groups excluding carboxylic acids is 1. The van der Waals surface area contributed by atoms with Crippen LogP contribution in [0.3, 0.4) is 0 Å². The second kappa shape index (κ2) is 7.05. The Kier molecular flexibility index (Phi) is 5.29. The van der Waals surface area contributed by atoms with Crippen molar-refractivity contribution in [3.05, 3.63) is 51.8 Å². The lowest BCUT2D eigenvalue weighted by atomic mass is 10.1. The standard InChI is InChI=1S/C17H20ClN3O3/c1-10-15(16(22)20(4)12(3)17(23)24)11(2)21(19-10)9-13-7-5-6-8-14(13)18/h5-8,12H,9H2,1-4H3,(H,23,24). The van der Waals surface area contributed by atoms with Crippen molar-refractivity contribution in [2.24, 2.45) is 0 Å². The molecule has 7 heteroatoms. The molecule has 2 aromatic rings. The van der Waals surface area contributed by atoms with Crippen LogP contribution in [-0.2, 0) is 11.3 Å².